The van der Waals surface area contributed by atoms with Crippen LogP contribution in [0.2, 0.25) is 0 Å². The Labute approximate surface area is 161 Å². The van der Waals surface area contributed by atoms with Crippen molar-refractivity contribution >= 4 is 26.5 Å². The zero-order chi connectivity index (χ0) is 19.8. The molecule has 0 radical (unpaired) electrons. The van der Waals surface area contributed by atoms with E-state index in [1.54, 1.807) is 25.9 Å². The molecule has 2 aromatic carbocycles. The minimum absolute atomic E-state index is 0.0178. The fourth-order valence-corrected chi connectivity index (χ4v) is 4.87. The summed E-state index contributed by atoms with van der Waals surface area (Å²) in [6.07, 6.45) is 0.464. The molecule has 146 valence electrons. The summed E-state index contributed by atoms with van der Waals surface area (Å²) >= 11 is 0. The first-order chi connectivity index (χ1) is 12.6. The van der Waals surface area contributed by atoms with Crippen LogP contribution < -0.4 is 4.74 Å². The van der Waals surface area contributed by atoms with Crippen molar-refractivity contribution in [2.45, 2.75) is 37.9 Å². The number of hydrogen-bond acceptors (Lipinski definition) is 4. The molecule has 1 amide bonds. The van der Waals surface area contributed by atoms with E-state index in [9.17, 15) is 13.2 Å². The van der Waals surface area contributed by atoms with Crippen LogP contribution in [0.3, 0.4) is 0 Å². The molecule has 1 saturated heterocycles. The summed E-state index contributed by atoms with van der Waals surface area (Å²) in [6.45, 7) is 6.12. The molecule has 0 N–H and O–H groups in total. The third-order valence-corrected chi connectivity index (χ3v) is 8.32. The first-order valence-electron chi connectivity index (χ1n) is 9.23. The number of rotatable bonds is 3. The quantitative estimate of drug-likeness (QED) is 0.807. The van der Waals surface area contributed by atoms with E-state index in [4.69, 9.17) is 4.74 Å². The lowest BCUT2D eigenvalue weighted by Gasteiger charge is -2.25. The zero-order valence-corrected chi connectivity index (χ0v) is 17.2. The highest BCUT2D eigenvalue weighted by Gasteiger charge is 2.38. The second kappa shape index (κ2) is 7.15. The van der Waals surface area contributed by atoms with Gasteiger partial charge >= 0.3 is 0 Å². The van der Waals surface area contributed by atoms with Gasteiger partial charge in [-0.1, -0.05) is 24.3 Å². The van der Waals surface area contributed by atoms with Crippen LogP contribution in [-0.4, -0.2) is 49.9 Å². The van der Waals surface area contributed by atoms with Crippen molar-refractivity contribution in [2.75, 3.05) is 26.0 Å². The molecule has 27 heavy (non-hydrogen) atoms. The van der Waals surface area contributed by atoms with Gasteiger partial charge in [0.15, 0.2) is 9.84 Å². The largest absolute Gasteiger partial charge is 0.497 e. The molecule has 1 aliphatic rings. The first-order valence-corrected chi connectivity index (χ1v) is 10.9. The number of fused-ring (bicyclic) bond motifs is 1. The van der Waals surface area contributed by atoms with E-state index in [1.807, 2.05) is 43.3 Å². The van der Waals surface area contributed by atoms with Crippen molar-refractivity contribution in [3.05, 3.63) is 42.0 Å². The number of carbonyl (C=O) groups is 1. The van der Waals surface area contributed by atoms with E-state index >= 15 is 0 Å². The van der Waals surface area contributed by atoms with Crippen molar-refractivity contribution in [3.8, 4) is 5.75 Å². The molecule has 0 spiro atoms. The highest BCUT2D eigenvalue weighted by Crippen LogP contribution is 2.29. The molecule has 1 heterocycles. The molecular weight excluding hydrogens is 362 g/mol. The standard InChI is InChI=1S/C21H27NO4S/c1-15(16-5-6-18-14-19(26-4)8-7-17(18)13-16)20(23)22-10-9-21(2,3)27(24,25)12-11-22/h5-8,13-15H,9-12H2,1-4H3/t15-/m0/s1. The minimum Gasteiger partial charge on any atom is -0.497 e. The Morgan fingerprint density at radius 1 is 1.11 bits per heavy atom. The van der Waals surface area contributed by atoms with Crippen LogP contribution in [0.15, 0.2) is 36.4 Å². The smallest absolute Gasteiger partial charge is 0.229 e. The summed E-state index contributed by atoms with van der Waals surface area (Å²) in [4.78, 5) is 14.7. The van der Waals surface area contributed by atoms with Crippen LogP contribution in [0.1, 0.15) is 38.7 Å². The first kappa shape index (κ1) is 19.7. The summed E-state index contributed by atoms with van der Waals surface area (Å²) in [6, 6.07) is 11.8. The van der Waals surface area contributed by atoms with Gasteiger partial charge in [-0.05, 0) is 55.7 Å². The molecule has 6 heteroatoms. The molecule has 0 bridgehead atoms. The third-order valence-electron chi connectivity index (χ3n) is 5.71. The maximum atomic E-state index is 13.0. The third kappa shape index (κ3) is 3.81. The fourth-order valence-electron chi connectivity index (χ4n) is 3.45. The van der Waals surface area contributed by atoms with E-state index in [2.05, 4.69) is 0 Å². The van der Waals surface area contributed by atoms with Gasteiger partial charge in [-0.3, -0.25) is 4.79 Å². The van der Waals surface area contributed by atoms with Gasteiger partial charge in [-0.2, -0.15) is 0 Å². The summed E-state index contributed by atoms with van der Waals surface area (Å²) in [7, 11) is -1.56. The molecule has 1 atom stereocenters. The van der Waals surface area contributed by atoms with E-state index < -0.39 is 14.6 Å². The Bertz CT molecular complexity index is 965. The number of ether oxygens (including phenoxy) is 1. The second-order valence-corrected chi connectivity index (χ2v) is 10.6. The van der Waals surface area contributed by atoms with Crippen LogP contribution >= 0.6 is 0 Å². The monoisotopic (exact) mass is 389 g/mol. The van der Waals surface area contributed by atoms with Crippen LogP contribution in [0.5, 0.6) is 5.75 Å². The lowest BCUT2D eigenvalue weighted by Crippen LogP contribution is -2.36. The van der Waals surface area contributed by atoms with Crippen molar-refractivity contribution in [1.82, 2.24) is 4.90 Å². The number of sulfone groups is 1. The maximum Gasteiger partial charge on any atom is 0.229 e. The van der Waals surface area contributed by atoms with Gasteiger partial charge in [0.05, 0.1) is 23.5 Å². The molecule has 0 unspecified atom stereocenters. The number of carbonyl (C=O) groups excluding carboxylic acids is 1. The van der Waals surface area contributed by atoms with Crippen LogP contribution in [-0.2, 0) is 14.6 Å². The Morgan fingerprint density at radius 2 is 1.78 bits per heavy atom. The summed E-state index contributed by atoms with van der Waals surface area (Å²) in [5.74, 6) is 0.486. The summed E-state index contributed by atoms with van der Waals surface area (Å²) < 4.78 is 29.2. The molecule has 0 saturated carbocycles. The molecule has 1 fully saturated rings. The average Bonchev–Trinajstić information content (AvgIpc) is 2.75. The van der Waals surface area contributed by atoms with Gasteiger partial charge in [0, 0.05) is 13.1 Å². The van der Waals surface area contributed by atoms with Crippen LogP contribution in [0.4, 0.5) is 0 Å². The SMILES string of the molecule is COc1ccc2cc([C@H](C)C(=O)N3CCC(C)(C)S(=O)(=O)CC3)ccc2c1. The van der Waals surface area contributed by atoms with Crippen molar-refractivity contribution in [3.63, 3.8) is 0 Å². The number of nitrogens with zero attached hydrogens (tertiary/aromatic N) is 1. The van der Waals surface area contributed by atoms with Gasteiger partial charge in [0.1, 0.15) is 5.75 Å². The van der Waals surface area contributed by atoms with Gasteiger partial charge in [-0.25, -0.2) is 8.42 Å². The number of amides is 1. The van der Waals surface area contributed by atoms with E-state index in [0.29, 0.717) is 13.0 Å². The fraction of sp³-hybridized carbons (Fsp3) is 0.476. The number of benzene rings is 2. The Kier molecular flexibility index (Phi) is 5.21. The second-order valence-electron chi connectivity index (χ2n) is 7.85. The van der Waals surface area contributed by atoms with Crippen LogP contribution in [0.25, 0.3) is 10.8 Å². The highest BCUT2D eigenvalue weighted by atomic mass is 32.2. The van der Waals surface area contributed by atoms with Gasteiger partial charge in [0.25, 0.3) is 0 Å². The summed E-state index contributed by atoms with van der Waals surface area (Å²) in [5.41, 5.74) is 0.934. The predicted octanol–water partition coefficient (Wildman–Crippen LogP) is 3.38. The maximum absolute atomic E-state index is 13.0. The van der Waals surface area contributed by atoms with Gasteiger partial charge in [0.2, 0.25) is 5.91 Å². The van der Waals surface area contributed by atoms with Crippen LogP contribution in [0, 0.1) is 0 Å². The van der Waals surface area contributed by atoms with Gasteiger partial charge in [-0.15, -0.1) is 0 Å². The molecule has 2 aromatic rings. The van der Waals surface area contributed by atoms with E-state index in [-0.39, 0.29) is 24.1 Å². The topological polar surface area (TPSA) is 63.7 Å². The van der Waals surface area contributed by atoms with E-state index in [0.717, 1.165) is 22.1 Å². The van der Waals surface area contributed by atoms with Crippen molar-refractivity contribution < 1.29 is 17.9 Å². The normalized spacial score (nSPS) is 20.1. The number of hydrogen-bond donors (Lipinski definition) is 0. The van der Waals surface area contributed by atoms with Gasteiger partial charge < -0.3 is 9.64 Å². The molecule has 3 rings (SSSR count). The zero-order valence-electron chi connectivity index (χ0n) is 16.4. The lowest BCUT2D eigenvalue weighted by molar-refractivity contribution is -0.132. The Morgan fingerprint density at radius 3 is 2.48 bits per heavy atom. The van der Waals surface area contributed by atoms with Crippen molar-refractivity contribution in [2.24, 2.45) is 0 Å². The average molecular weight is 390 g/mol. The number of methoxy groups -OCH3 is 1. The molecular formula is C21H27NO4S. The molecule has 1 aliphatic heterocycles. The molecule has 0 aliphatic carbocycles. The molecule has 0 aromatic heterocycles. The summed E-state index contributed by atoms with van der Waals surface area (Å²) in [5, 5.41) is 2.10. The van der Waals surface area contributed by atoms with Crippen molar-refractivity contribution in [1.29, 1.82) is 0 Å². The Balaban J connectivity index is 1.82. The van der Waals surface area contributed by atoms with E-state index in [1.165, 1.54) is 0 Å². The molecule has 5 nitrogen and oxygen atoms in total. The highest BCUT2D eigenvalue weighted by molar-refractivity contribution is 7.92. The predicted molar refractivity (Wildman–Crippen MR) is 108 cm³/mol. The Hall–Kier alpha value is -2.08. The minimum atomic E-state index is -3.20. The lowest BCUT2D eigenvalue weighted by atomic mass is 9.96.